The van der Waals surface area contributed by atoms with Crippen LogP contribution in [0.25, 0.3) is 12.2 Å². The highest BCUT2D eigenvalue weighted by atomic mass is 16.3. The van der Waals surface area contributed by atoms with Crippen LogP contribution in [-0.4, -0.2) is 10.2 Å². The molecule has 0 saturated heterocycles. The summed E-state index contributed by atoms with van der Waals surface area (Å²) in [6, 6.07) is 28.3. The number of hydrogen-bond acceptors (Lipinski definition) is 2. The Bertz CT molecular complexity index is 1270. The highest BCUT2D eigenvalue weighted by molar-refractivity contribution is 5.74. The molecule has 35 heavy (non-hydrogen) atoms. The lowest BCUT2D eigenvalue weighted by Crippen LogP contribution is -2.31. The van der Waals surface area contributed by atoms with Gasteiger partial charge in [0.15, 0.2) is 0 Å². The van der Waals surface area contributed by atoms with Crippen LogP contribution in [0.5, 0.6) is 11.5 Å². The Morgan fingerprint density at radius 2 is 0.914 bits per heavy atom. The van der Waals surface area contributed by atoms with Gasteiger partial charge in [-0.2, -0.15) is 0 Å². The van der Waals surface area contributed by atoms with Crippen molar-refractivity contribution in [2.45, 2.75) is 33.1 Å². The molecule has 0 aliphatic rings. The highest BCUT2D eigenvalue weighted by Crippen LogP contribution is 2.52. The van der Waals surface area contributed by atoms with Crippen molar-refractivity contribution >= 4 is 12.2 Å². The average Bonchev–Trinajstić information content (AvgIpc) is 2.88. The van der Waals surface area contributed by atoms with E-state index in [1.807, 2.05) is 113 Å². The first kappa shape index (κ1) is 24.1. The summed E-state index contributed by atoms with van der Waals surface area (Å²) in [5.41, 5.74) is 5.94. The summed E-state index contributed by atoms with van der Waals surface area (Å²) in [6.45, 7) is 7.89. The van der Waals surface area contributed by atoms with Gasteiger partial charge in [0, 0.05) is 22.3 Å². The van der Waals surface area contributed by atoms with E-state index in [1.54, 1.807) is 0 Å². The van der Waals surface area contributed by atoms with E-state index < -0.39 is 5.41 Å². The summed E-state index contributed by atoms with van der Waals surface area (Å²) in [5, 5.41) is 23.6. The van der Waals surface area contributed by atoms with E-state index in [-0.39, 0.29) is 11.5 Å². The Kier molecular flexibility index (Phi) is 6.93. The van der Waals surface area contributed by atoms with Gasteiger partial charge < -0.3 is 10.2 Å². The van der Waals surface area contributed by atoms with Gasteiger partial charge in [-0.1, -0.05) is 109 Å². The summed E-state index contributed by atoms with van der Waals surface area (Å²) in [5.74, 6) is 0.423. The van der Waals surface area contributed by atoms with Gasteiger partial charge in [-0.3, -0.25) is 0 Å². The molecule has 176 valence electrons. The SMILES string of the molecule is CC=Cc1c(C)ccc(C(c2ccccc2)(c2ccccc2)c2ccc(C)c(C=CC)c2O)c1O. The first-order valence-electron chi connectivity index (χ1n) is 12.0. The Morgan fingerprint density at radius 1 is 0.543 bits per heavy atom. The first-order valence-corrected chi connectivity index (χ1v) is 12.0. The fourth-order valence-electron chi connectivity index (χ4n) is 5.09. The molecule has 0 radical (unpaired) electrons. The fraction of sp³-hybridized carbons (Fsp3) is 0.152. The topological polar surface area (TPSA) is 40.5 Å². The maximum atomic E-state index is 11.8. The number of phenolic OH excluding ortho intramolecular Hbond substituents is 2. The first-order chi connectivity index (χ1) is 17.0. The molecule has 0 amide bonds. The smallest absolute Gasteiger partial charge is 0.127 e. The van der Waals surface area contributed by atoms with Crippen molar-refractivity contribution in [3.8, 4) is 11.5 Å². The fourth-order valence-corrected chi connectivity index (χ4v) is 5.09. The molecule has 2 N–H and O–H groups in total. The average molecular weight is 461 g/mol. The minimum atomic E-state index is -0.954. The van der Waals surface area contributed by atoms with Crippen LogP contribution in [0.3, 0.4) is 0 Å². The predicted octanol–water partition coefficient (Wildman–Crippen LogP) is 8.16. The quantitative estimate of drug-likeness (QED) is 0.285. The second-order valence-corrected chi connectivity index (χ2v) is 8.87. The molecule has 0 spiro atoms. The molecule has 4 rings (SSSR count). The zero-order valence-electron chi connectivity index (χ0n) is 20.8. The number of benzene rings is 4. The second-order valence-electron chi connectivity index (χ2n) is 8.87. The molecule has 0 saturated carbocycles. The van der Waals surface area contributed by atoms with Crippen molar-refractivity contribution in [1.29, 1.82) is 0 Å². The number of hydrogen-bond donors (Lipinski definition) is 2. The van der Waals surface area contributed by atoms with Crippen LogP contribution >= 0.6 is 0 Å². The number of allylic oxidation sites excluding steroid dienone is 2. The molecule has 0 bridgehead atoms. The van der Waals surface area contributed by atoms with Gasteiger partial charge in [0.1, 0.15) is 11.5 Å². The van der Waals surface area contributed by atoms with Crippen LogP contribution in [-0.2, 0) is 5.41 Å². The molecule has 2 nitrogen and oxygen atoms in total. The molecule has 2 heteroatoms. The van der Waals surface area contributed by atoms with Crippen molar-refractivity contribution < 1.29 is 10.2 Å². The standard InChI is InChI=1S/C33H32O2/c1-5-13-27-23(3)19-21-29(31(27)34)33(25-15-9-7-10-16-25,26-17-11-8-12-18-26)30-22-20-24(4)28(14-6-2)32(30)35/h5-22,34-35H,1-4H3. The van der Waals surface area contributed by atoms with E-state index in [9.17, 15) is 10.2 Å². The van der Waals surface area contributed by atoms with E-state index in [0.29, 0.717) is 0 Å². The van der Waals surface area contributed by atoms with Crippen LogP contribution in [0.4, 0.5) is 0 Å². The van der Waals surface area contributed by atoms with Crippen LogP contribution in [0, 0.1) is 13.8 Å². The molecule has 0 aliphatic heterocycles. The highest BCUT2D eigenvalue weighted by Gasteiger charge is 2.43. The summed E-state index contributed by atoms with van der Waals surface area (Å²) in [6.07, 6.45) is 7.75. The number of aromatic hydroxyl groups is 2. The summed E-state index contributed by atoms with van der Waals surface area (Å²) in [4.78, 5) is 0. The third-order valence-corrected chi connectivity index (χ3v) is 6.76. The van der Waals surface area contributed by atoms with Gasteiger partial charge in [-0.05, 0) is 49.9 Å². The van der Waals surface area contributed by atoms with Gasteiger partial charge in [0.25, 0.3) is 0 Å². The minimum Gasteiger partial charge on any atom is -0.507 e. The lowest BCUT2D eigenvalue weighted by atomic mass is 9.63. The van der Waals surface area contributed by atoms with Crippen molar-refractivity contribution in [3.63, 3.8) is 0 Å². The van der Waals surface area contributed by atoms with Crippen LogP contribution in [0.15, 0.2) is 97.1 Å². The molecule has 4 aromatic rings. The Balaban J connectivity index is 2.27. The molecule has 0 heterocycles. The molecule has 4 aromatic carbocycles. The monoisotopic (exact) mass is 460 g/mol. The van der Waals surface area contributed by atoms with E-state index in [1.165, 1.54) is 0 Å². The maximum absolute atomic E-state index is 11.8. The van der Waals surface area contributed by atoms with E-state index in [4.69, 9.17) is 0 Å². The molecule has 0 aromatic heterocycles. The van der Waals surface area contributed by atoms with E-state index in [0.717, 1.165) is 44.5 Å². The molecule has 0 atom stereocenters. The van der Waals surface area contributed by atoms with Crippen LogP contribution < -0.4 is 0 Å². The lowest BCUT2D eigenvalue weighted by Gasteiger charge is -2.38. The third-order valence-electron chi connectivity index (χ3n) is 6.76. The molecular formula is C33H32O2. The van der Waals surface area contributed by atoms with Gasteiger partial charge in [0.05, 0.1) is 5.41 Å². The van der Waals surface area contributed by atoms with Crippen molar-refractivity contribution in [1.82, 2.24) is 0 Å². The molecule has 0 fully saturated rings. The van der Waals surface area contributed by atoms with E-state index in [2.05, 4.69) is 24.3 Å². The normalized spacial score (nSPS) is 12.0. The molecule has 0 aliphatic carbocycles. The van der Waals surface area contributed by atoms with Gasteiger partial charge in [-0.15, -0.1) is 0 Å². The maximum Gasteiger partial charge on any atom is 0.127 e. The molecular weight excluding hydrogens is 428 g/mol. The Hall–Kier alpha value is -4.04. The lowest BCUT2D eigenvalue weighted by molar-refractivity contribution is 0.445. The van der Waals surface area contributed by atoms with Crippen LogP contribution in [0.1, 0.15) is 58.4 Å². The number of rotatable bonds is 6. The third kappa shape index (κ3) is 4.06. The number of phenols is 2. The Labute approximate surface area is 208 Å². The zero-order valence-corrected chi connectivity index (χ0v) is 20.8. The summed E-state index contributed by atoms with van der Waals surface area (Å²) >= 11 is 0. The second kappa shape index (κ2) is 10.1. The van der Waals surface area contributed by atoms with Crippen molar-refractivity contribution in [3.05, 3.63) is 142 Å². The molecule has 0 unspecified atom stereocenters. The van der Waals surface area contributed by atoms with E-state index >= 15 is 0 Å². The van der Waals surface area contributed by atoms with Gasteiger partial charge in [-0.25, -0.2) is 0 Å². The van der Waals surface area contributed by atoms with Crippen molar-refractivity contribution in [2.75, 3.05) is 0 Å². The Morgan fingerprint density at radius 3 is 1.26 bits per heavy atom. The summed E-state index contributed by atoms with van der Waals surface area (Å²) in [7, 11) is 0. The van der Waals surface area contributed by atoms with Gasteiger partial charge in [0.2, 0.25) is 0 Å². The largest absolute Gasteiger partial charge is 0.507 e. The van der Waals surface area contributed by atoms with Crippen molar-refractivity contribution in [2.24, 2.45) is 0 Å². The number of aryl methyl sites for hydroxylation is 2. The minimum absolute atomic E-state index is 0.211. The zero-order chi connectivity index (χ0) is 25.0. The van der Waals surface area contributed by atoms with Crippen LogP contribution in [0.2, 0.25) is 0 Å². The predicted molar refractivity (Wildman–Crippen MR) is 147 cm³/mol. The summed E-state index contributed by atoms with van der Waals surface area (Å²) < 4.78 is 0. The van der Waals surface area contributed by atoms with Gasteiger partial charge >= 0.3 is 0 Å².